The third-order valence-electron chi connectivity index (χ3n) is 4.42. The summed E-state index contributed by atoms with van der Waals surface area (Å²) in [6.07, 6.45) is 5.08. The molecule has 3 heteroatoms. The molecule has 0 saturated heterocycles. The first-order chi connectivity index (χ1) is 9.99. The van der Waals surface area contributed by atoms with E-state index in [1.165, 1.54) is 31.7 Å². The molecule has 1 fully saturated rings. The van der Waals surface area contributed by atoms with Gasteiger partial charge in [0, 0.05) is 18.6 Å². The zero-order chi connectivity index (χ0) is 15.4. The summed E-state index contributed by atoms with van der Waals surface area (Å²) < 4.78 is 13.6. The molecule has 1 aromatic rings. The lowest BCUT2D eigenvalue weighted by molar-refractivity contribution is 0.103. The van der Waals surface area contributed by atoms with Crippen LogP contribution in [0.15, 0.2) is 24.3 Å². The monoisotopic (exact) mass is 292 g/mol. The Morgan fingerprint density at radius 3 is 2.43 bits per heavy atom. The Balaban J connectivity index is 2.31. The van der Waals surface area contributed by atoms with Crippen LogP contribution in [0.25, 0.3) is 0 Å². The summed E-state index contributed by atoms with van der Waals surface area (Å²) in [6.45, 7) is 7.54. The van der Waals surface area contributed by atoms with Gasteiger partial charge >= 0.3 is 0 Å². The lowest BCUT2D eigenvalue weighted by Crippen LogP contribution is -2.46. The Morgan fingerprint density at radius 2 is 1.90 bits per heavy atom. The van der Waals surface area contributed by atoms with Crippen molar-refractivity contribution in [3.8, 4) is 0 Å². The second-order valence-corrected chi connectivity index (χ2v) is 6.89. The summed E-state index contributed by atoms with van der Waals surface area (Å²) in [4.78, 5) is 2.54. The van der Waals surface area contributed by atoms with Gasteiger partial charge in [0.2, 0.25) is 0 Å². The number of nitrogens with zero attached hydrogens (tertiary/aromatic N) is 1. The average molecular weight is 292 g/mol. The lowest BCUT2D eigenvalue weighted by Gasteiger charge is -2.40. The largest absolute Gasteiger partial charge is 0.326 e. The minimum absolute atomic E-state index is 0.00819. The van der Waals surface area contributed by atoms with E-state index < -0.39 is 0 Å². The molecule has 2 unspecified atom stereocenters. The summed E-state index contributed by atoms with van der Waals surface area (Å²) in [5.41, 5.74) is 7.31. The molecule has 2 atom stereocenters. The molecule has 0 radical (unpaired) electrons. The minimum Gasteiger partial charge on any atom is -0.326 e. The molecule has 2 rings (SSSR count). The molecule has 1 saturated carbocycles. The molecule has 0 bridgehead atoms. The summed E-state index contributed by atoms with van der Waals surface area (Å²) in [6, 6.07) is 7.64. The van der Waals surface area contributed by atoms with E-state index in [0.717, 1.165) is 12.1 Å². The molecule has 0 heterocycles. The lowest BCUT2D eigenvalue weighted by atomic mass is 9.95. The van der Waals surface area contributed by atoms with Gasteiger partial charge in [-0.1, -0.05) is 38.8 Å². The van der Waals surface area contributed by atoms with Crippen molar-refractivity contribution < 1.29 is 4.39 Å². The summed E-state index contributed by atoms with van der Waals surface area (Å²) in [5, 5.41) is 0. The highest BCUT2D eigenvalue weighted by Crippen LogP contribution is 2.33. The maximum absolute atomic E-state index is 13.6. The average Bonchev–Trinajstić information content (AvgIpc) is 2.90. The molecule has 1 aromatic carbocycles. The number of rotatable bonds is 6. The van der Waals surface area contributed by atoms with E-state index in [4.69, 9.17) is 5.73 Å². The fraction of sp³-hybridized carbons (Fsp3) is 0.667. The highest BCUT2D eigenvalue weighted by atomic mass is 19.1. The molecule has 118 valence electrons. The van der Waals surface area contributed by atoms with Crippen molar-refractivity contribution in [3.05, 3.63) is 35.6 Å². The highest BCUT2D eigenvalue weighted by molar-refractivity contribution is 5.22. The minimum atomic E-state index is -0.172. The van der Waals surface area contributed by atoms with Crippen LogP contribution in [-0.4, -0.2) is 23.5 Å². The molecule has 1 aliphatic carbocycles. The molecular weight excluding hydrogens is 263 g/mol. The van der Waals surface area contributed by atoms with E-state index in [-0.39, 0.29) is 17.9 Å². The fourth-order valence-corrected chi connectivity index (χ4v) is 3.63. The van der Waals surface area contributed by atoms with Crippen LogP contribution in [0.5, 0.6) is 0 Å². The number of halogens is 1. The van der Waals surface area contributed by atoms with Gasteiger partial charge in [-0.15, -0.1) is 0 Å². The van der Waals surface area contributed by atoms with E-state index in [2.05, 4.69) is 18.7 Å². The van der Waals surface area contributed by atoms with Gasteiger partial charge in [0.05, 0.1) is 6.04 Å². The van der Waals surface area contributed by atoms with Gasteiger partial charge in [0.15, 0.2) is 0 Å². The van der Waals surface area contributed by atoms with Gasteiger partial charge in [-0.3, -0.25) is 4.90 Å². The molecule has 2 N–H and O–H groups in total. The zero-order valence-electron chi connectivity index (χ0n) is 13.6. The van der Waals surface area contributed by atoms with Crippen LogP contribution >= 0.6 is 0 Å². The summed E-state index contributed by atoms with van der Waals surface area (Å²) in [7, 11) is 0. The normalized spacial score (nSPS) is 19.4. The van der Waals surface area contributed by atoms with Crippen LogP contribution in [0.3, 0.4) is 0 Å². The van der Waals surface area contributed by atoms with Gasteiger partial charge in [0.1, 0.15) is 5.82 Å². The third-order valence-corrected chi connectivity index (χ3v) is 4.42. The number of nitrogens with two attached hydrogens (primary N) is 1. The van der Waals surface area contributed by atoms with Gasteiger partial charge in [-0.2, -0.15) is 0 Å². The van der Waals surface area contributed by atoms with Crippen molar-refractivity contribution in [2.24, 2.45) is 11.7 Å². The topological polar surface area (TPSA) is 29.3 Å². The van der Waals surface area contributed by atoms with Crippen LogP contribution in [0, 0.1) is 11.7 Å². The highest BCUT2D eigenvalue weighted by Gasteiger charge is 2.32. The van der Waals surface area contributed by atoms with Crippen molar-refractivity contribution in [2.75, 3.05) is 6.54 Å². The van der Waals surface area contributed by atoms with Crippen molar-refractivity contribution in [1.29, 1.82) is 0 Å². The van der Waals surface area contributed by atoms with Crippen molar-refractivity contribution in [1.82, 2.24) is 4.90 Å². The Morgan fingerprint density at radius 1 is 1.24 bits per heavy atom. The smallest absolute Gasteiger partial charge is 0.123 e. The van der Waals surface area contributed by atoms with Crippen LogP contribution in [0.1, 0.15) is 58.1 Å². The standard InChI is InChI=1S/C18H29FN2/c1-13(2)12-21(17-9-4-5-10-17)18(14(3)20)15-7-6-8-16(19)11-15/h6-8,11,13-14,17-18H,4-5,9-10,12,20H2,1-3H3. The van der Waals surface area contributed by atoms with Crippen molar-refractivity contribution >= 4 is 0 Å². The van der Waals surface area contributed by atoms with Gasteiger partial charge < -0.3 is 5.73 Å². The third kappa shape index (κ3) is 4.27. The predicted octanol–water partition coefficient (Wildman–Crippen LogP) is 4.11. The van der Waals surface area contributed by atoms with Crippen LogP contribution in [0.2, 0.25) is 0 Å². The van der Waals surface area contributed by atoms with E-state index >= 15 is 0 Å². The van der Waals surface area contributed by atoms with Crippen molar-refractivity contribution in [2.45, 2.75) is 64.6 Å². The Labute approximate surface area is 128 Å². The molecule has 0 spiro atoms. The number of hydrogen-bond donors (Lipinski definition) is 1. The summed E-state index contributed by atoms with van der Waals surface area (Å²) >= 11 is 0. The molecule has 0 aliphatic heterocycles. The maximum Gasteiger partial charge on any atom is 0.123 e. The van der Waals surface area contributed by atoms with E-state index in [1.54, 1.807) is 12.1 Å². The molecule has 0 aromatic heterocycles. The van der Waals surface area contributed by atoms with E-state index in [0.29, 0.717) is 12.0 Å². The molecule has 21 heavy (non-hydrogen) atoms. The van der Waals surface area contributed by atoms with Crippen LogP contribution in [-0.2, 0) is 0 Å². The van der Waals surface area contributed by atoms with Crippen molar-refractivity contribution in [3.63, 3.8) is 0 Å². The first-order valence-corrected chi connectivity index (χ1v) is 8.26. The predicted molar refractivity (Wildman–Crippen MR) is 86.6 cm³/mol. The fourth-order valence-electron chi connectivity index (χ4n) is 3.63. The van der Waals surface area contributed by atoms with E-state index in [9.17, 15) is 4.39 Å². The SMILES string of the molecule is CC(C)CN(C1CCCC1)C(c1cccc(F)c1)C(C)N. The van der Waals surface area contributed by atoms with E-state index in [1.807, 2.05) is 13.0 Å². The maximum atomic E-state index is 13.6. The van der Waals surface area contributed by atoms with Gasteiger partial charge in [-0.05, 0) is 43.4 Å². The Bertz CT molecular complexity index is 439. The second kappa shape index (κ2) is 7.37. The summed E-state index contributed by atoms with van der Waals surface area (Å²) in [5.74, 6) is 0.412. The first-order valence-electron chi connectivity index (χ1n) is 8.26. The number of benzene rings is 1. The first kappa shape index (κ1) is 16.4. The van der Waals surface area contributed by atoms with Gasteiger partial charge in [0.25, 0.3) is 0 Å². The quantitative estimate of drug-likeness (QED) is 0.854. The zero-order valence-corrected chi connectivity index (χ0v) is 13.6. The van der Waals surface area contributed by atoms with Crippen LogP contribution < -0.4 is 5.73 Å². The molecule has 2 nitrogen and oxygen atoms in total. The molecule has 1 aliphatic rings. The number of hydrogen-bond acceptors (Lipinski definition) is 2. The van der Waals surface area contributed by atoms with Gasteiger partial charge in [-0.25, -0.2) is 4.39 Å². The molecule has 0 amide bonds. The van der Waals surface area contributed by atoms with Crippen LogP contribution in [0.4, 0.5) is 4.39 Å². The Hall–Kier alpha value is -0.930. The Kier molecular flexibility index (Phi) is 5.77. The second-order valence-electron chi connectivity index (χ2n) is 6.89. The molecular formula is C18H29FN2.